The third-order valence-electron chi connectivity index (χ3n) is 7.79. The minimum Gasteiger partial charge on any atom is -0.476 e. The Balaban J connectivity index is 1.55. The van der Waals surface area contributed by atoms with E-state index < -0.39 is 31.3 Å². The number of carboxylic acids is 1. The van der Waals surface area contributed by atoms with Crippen LogP contribution in [0.25, 0.3) is 11.3 Å². The van der Waals surface area contributed by atoms with Gasteiger partial charge in [-0.25, -0.2) is 14.3 Å². The number of hydrogen-bond acceptors (Lipinski definition) is 7. The lowest BCUT2D eigenvalue weighted by Crippen LogP contribution is -2.41. The molecule has 2 aromatic carbocycles. The zero-order valence-corrected chi connectivity index (χ0v) is 26.8. The van der Waals surface area contributed by atoms with Crippen molar-refractivity contribution < 1.29 is 28.9 Å². The smallest absolute Gasteiger partial charge is 0.410 e. The Morgan fingerprint density at radius 1 is 1.12 bits per heavy atom. The summed E-state index contributed by atoms with van der Waals surface area (Å²) in [6.45, 7) is 13.4. The van der Waals surface area contributed by atoms with Gasteiger partial charge in [0.1, 0.15) is 23.8 Å². The average Bonchev–Trinajstić information content (AvgIpc) is 3.24. The maximum Gasteiger partial charge on any atom is 0.410 e. The molecule has 0 radical (unpaired) electrons. The van der Waals surface area contributed by atoms with E-state index in [1.807, 2.05) is 69.3 Å². The SMILES string of the molecule is CC(C)(C)OC(=O)N1CC2(N)CC2C1c1ccc(Oc2ccccc2)c(-c2cc(C(=O)O)nn2COCC[Si](C)(C)C)c1. The summed E-state index contributed by atoms with van der Waals surface area (Å²) in [4.78, 5) is 27.0. The molecular formula is C32H42N4O6Si. The molecule has 3 N–H and O–H groups in total. The third kappa shape index (κ3) is 7.11. The number of piperidine rings is 1. The Labute approximate surface area is 253 Å². The van der Waals surface area contributed by atoms with E-state index in [4.69, 9.17) is 19.9 Å². The molecule has 1 saturated carbocycles. The molecule has 1 aliphatic carbocycles. The summed E-state index contributed by atoms with van der Waals surface area (Å²) in [5, 5.41) is 14.2. The van der Waals surface area contributed by atoms with Gasteiger partial charge in [0.05, 0.1) is 11.7 Å². The van der Waals surface area contributed by atoms with Crippen LogP contribution in [0.1, 0.15) is 49.3 Å². The molecule has 230 valence electrons. The van der Waals surface area contributed by atoms with Crippen LogP contribution in [-0.2, 0) is 16.2 Å². The van der Waals surface area contributed by atoms with Gasteiger partial charge in [-0.1, -0.05) is 43.9 Å². The summed E-state index contributed by atoms with van der Waals surface area (Å²) in [5.41, 5.74) is 7.48. The number of carbonyl (C=O) groups excluding carboxylic acids is 1. The highest BCUT2D eigenvalue weighted by Gasteiger charge is 2.64. The van der Waals surface area contributed by atoms with E-state index in [2.05, 4.69) is 24.7 Å². The number of likely N-dealkylation sites (tertiary alicyclic amines) is 1. The predicted octanol–water partition coefficient (Wildman–Crippen LogP) is 6.36. The van der Waals surface area contributed by atoms with Gasteiger partial charge >= 0.3 is 12.1 Å². The highest BCUT2D eigenvalue weighted by Crippen LogP contribution is 2.58. The molecule has 3 aromatic rings. The normalized spacial score (nSPS) is 21.4. The summed E-state index contributed by atoms with van der Waals surface area (Å²) in [7, 11) is -1.32. The van der Waals surface area contributed by atoms with Crippen molar-refractivity contribution in [3.63, 3.8) is 0 Å². The number of hydrogen-bond donors (Lipinski definition) is 2. The van der Waals surface area contributed by atoms with Gasteiger partial charge in [0, 0.05) is 38.2 Å². The Morgan fingerprint density at radius 2 is 1.84 bits per heavy atom. The molecule has 2 fully saturated rings. The fraction of sp³-hybridized carbons (Fsp3) is 0.469. The molecule has 1 aromatic heterocycles. The summed E-state index contributed by atoms with van der Waals surface area (Å²) < 4.78 is 19.6. The summed E-state index contributed by atoms with van der Waals surface area (Å²) >= 11 is 0. The second kappa shape index (κ2) is 11.4. The lowest BCUT2D eigenvalue weighted by molar-refractivity contribution is 0.0187. The molecule has 1 amide bonds. The van der Waals surface area contributed by atoms with Crippen LogP contribution in [0.2, 0.25) is 25.7 Å². The number of carbonyl (C=O) groups is 2. The molecule has 43 heavy (non-hydrogen) atoms. The Morgan fingerprint density at radius 3 is 2.49 bits per heavy atom. The van der Waals surface area contributed by atoms with Crippen molar-refractivity contribution >= 4 is 20.1 Å². The first-order valence-corrected chi connectivity index (χ1v) is 18.4. The second-order valence-electron chi connectivity index (χ2n) is 13.8. The van der Waals surface area contributed by atoms with E-state index in [1.54, 1.807) is 9.58 Å². The fourth-order valence-electron chi connectivity index (χ4n) is 5.50. The highest BCUT2D eigenvalue weighted by molar-refractivity contribution is 6.76. The molecule has 3 atom stereocenters. The number of nitrogens with two attached hydrogens (primary N) is 1. The molecule has 1 saturated heterocycles. The van der Waals surface area contributed by atoms with Gasteiger partial charge in [0.15, 0.2) is 5.69 Å². The van der Waals surface area contributed by atoms with Crippen LogP contribution in [0.5, 0.6) is 11.5 Å². The number of rotatable bonds is 10. The molecule has 3 unspecified atom stereocenters. The average molecular weight is 607 g/mol. The first-order chi connectivity index (χ1) is 20.1. The maximum absolute atomic E-state index is 13.3. The Hall–Kier alpha value is -3.67. The van der Waals surface area contributed by atoms with Gasteiger partial charge in [0.2, 0.25) is 0 Å². The van der Waals surface area contributed by atoms with Crippen LogP contribution >= 0.6 is 0 Å². The molecule has 2 aliphatic rings. The molecular weight excluding hydrogens is 564 g/mol. The fourth-order valence-corrected chi connectivity index (χ4v) is 6.26. The largest absolute Gasteiger partial charge is 0.476 e. The van der Waals surface area contributed by atoms with Crippen LogP contribution in [0.3, 0.4) is 0 Å². The van der Waals surface area contributed by atoms with Crippen LogP contribution in [0, 0.1) is 5.92 Å². The van der Waals surface area contributed by atoms with Crippen molar-refractivity contribution in [3.8, 4) is 22.8 Å². The molecule has 10 nitrogen and oxygen atoms in total. The molecule has 0 bridgehead atoms. The van der Waals surface area contributed by atoms with Gasteiger partial charge in [-0.2, -0.15) is 5.10 Å². The number of aromatic nitrogens is 2. The number of ether oxygens (including phenoxy) is 3. The van der Waals surface area contributed by atoms with E-state index in [0.29, 0.717) is 35.9 Å². The van der Waals surface area contributed by atoms with Gasteiger partial charge in [0.25, 0.3) is 0 Å². The zero-order valence-electron chi connectivity index (χ0n) is 25.8. The van der Waals surface area contributed by atoms with Crippen molar-refractivity contribution in [2.45, 2.75) is 76.8 Å². The number of nitrogens with zero attached hydrogens (tertiary/aromatic N) is 3. The van der Waals surface area contributed by atoms with Crippen LogP contribution in [0.4, 0.5) is 4.79 Å². The first-order valence-electron chi connectivity index (χ1n) is 14.7. The van der Waals surface area contributed by atoms with Crippen molar-refractivity contribution in [2.75, 3.05) is 13.2 Å². The number of fused-ring (bicyclic) bond motifs is 1. The molecule has 2 heterocycles. The molecule has 0 spiro atoms. The van der Waals surface area contributed by atoms with Crippen molar-refractivity contribution in [1.29, 1.82) is 0 Å². The molecule has 1 aliphatic heterocycles. The Kier molecular flexibility index (Phi) is 8.19. The van der Waals surface area contributed by atoms with Gasteiger partial charge in [-0.15, -0.1) is 0 Å². The minimum absolute atomic E-state index is 0.0816. The predicted molar refractivity (Wildman–Crippen MR) is 166 cm³/mol. The summed E-state index contributed by atoms with van der Waals surface area (Å²) in [5.74, 6) is 0.0957. The van der Waals surface area contributed by atoms with Crippen molar-refractivity contribution in [1.82, 2.24) is 14.7 Å². The molecule has 5 rings (SSSR count). The standard InChI is InChI=1S/C32H42N4O6Si/c1-31(2,3)42-30(39)35-19-32(33)18-24(32)28(35)21-12-13-27(41-22-10-8-7-9-11-22)23(16-21)26-17-25(29(37)38)34-36(26)20-40-14-15-43(4,5)6/h7-13,16-17,24,28H,14-15,18-20,33H2,1-6H3,(H,37,38). The number of para-hydroxylation sites is 1. The van der Waals surface area contributed by atoms with Gasteiger partial charge in [-0.05, 0) is 69.1 Å². The highest BCUT2D eigenvalue weighted by atomic mass is 28.3. The van der Waals surface area contributed by atoms with E-state index >= 15 is 0 Å². The Bertz CT molecular complexity index is 1500. The second-order valence-corrected chi connectivity index (χ2v) is 19.5. The van der Waals surface area contributed by atoms with Crippen LogP contribution < -0.4 is 10.5 Å². The van der Waals surface area contributed by atoms with Crippen LogP contribution in [0.15, 0.2) is 54.6 Å². The van der Waals surface area contributed by atoms with Crippen LogP contribution in [-0.4, -0.2) is 64.2 Å². The lowest BCUT2D eigenvalue weighted by Gasteiger charge is -2.31. The third-order valence-corrected chi connectivity index (χ3v) is 9.49. The lowest BCUT2D eigenvalue weighted by atomic mass is 9.97. The van der Waals surface area contributed by atoms with Gasteiger partial charge < -0.3 is 25.1 Å². The monoisotopic (exact) mass is 606 g/mol. The van der Waals surface area contributed by atoms with E-state index in [-0.39, 0.29) is 24.4 Å². The van der Waals surface area contributed by atoms with Crippen molar-refractivity contribution in [3.05, 3.63) is 65.9 Å². The maximum atomic E-state index is 13.3. The minimum atomic E-state index is -1.32. The van der Waals surface area contributed by atoms with Gasteiger partial charge in [-0.3, -0.25) is 4.90 Å². The van der Waals surface area contributed by atoms with Crippen molar-refractivity contribution in [2.24, 2.45) is 11.7 Å². The first kappa shape index (κ1) is 30.8. The zero-order chi connectivity index (χ0) is 31.2. The summed E-state index contributed by atoms with van der Waals surface area (Å²) in [6, 6.07) is 17.3. The topological polar surface area (TPSA) is 129 Å². The quantitative estimate of drug-likeness (QED) is 0.201. The van der Waals surface area contributed by atoms with E-state index in [9.17, 15) is 14.7 Å². The molecule has 11 heteroatoms. The number of amides is 1. The summed E-state index contributed by atoms with van der Waals surface area (Å²) in [6.07, 6.45) is 0.398. The van der Waals surface area contributed by atoms with E-state index in [1.165, 1.54) is 6.07 Å². The number of carboxylic acid groups (broad SMARTS) is 1. The number of aromatic carboxylic acids is 1. The number of benzene rings is 2. The van der Waals surface area contributed by atoms with E-state index in [0.717, 1.165) is 18.0 Å².